The third-order valence-electron chi connectivity index (χ3n) is 1.07. The van der Waals surface area contributed by atoms with Crippen molar-refractivity contribution in [3.8, 4) is 5.75 Å². The van der Waals surface area contributed by atoms with Crippen molar-refractivity contribution in [2.75, 3.05) is 5.94 Å². The Morgan fingerprint density at radius 1 is 1.20 bits per heavy atom. The summed E-state index contributed by atoms with van der Waals surface area (Å²) in [6.07, 6.45) is 0. The van der Waals surface area contributed by atoms with Crippen LogP contribution in [0.5, 0.6) is 5.75 Å². The van der Waals surface area contributed by atoms with Crippen molar-refractivity contribution in [1.82, 2.24) is 0 Å². The van der Waals surface area contributed by atoms with Gasteiger partial charge in [-0.15, -0.1) is 25.3 Å². The van der Waals surface area contributed by atoms with Gasteiger partial charge in [0.25, 0.3) is 0 Å². The van der Waals surface area contributed by atoms with Crippen LogP contribution in [0.2, 0.25) is 0 Å². The lowest BCUT2D eigenvalue weighted by Crippen LogP contribution is -1.87. The Kier molecular flexibility index (Phi) is 2.96. The first-order chi connectivity index (χ1) is 4.83. The van der Waals surface area contributed by atoms with E-state index in [1.807, 2.05) is 24.3 Å². The van der Waals surface area contributed by atoms with Crippen molar-refractivity contribution in [2.24, 2.45) is 0 Å². The van der Waals surface area contributed by atoms with Crippen LogP contribution in [0.3, 0.4) is 0 Å². The lowest BCUT2D eigenvalue weighted by Gasteiger charge is -2.00. The predicted molar refractivity (Wildman–Crippen MR) is 48.2 cm³/mol. The minimum atomic E-state index is 0.409. The van der Waals surface area contributed by atoms with Crippen LogP contribution in [0.1, 0.15) is 0 Å². The van der Waals surface area contributed by atoms with Crippen LogP contribution in [-0.2, 0) is 0 Å². The summed E-state index contributed by atoms with van der Waals surface area (Å²) in [5.41, 5.74) is 0. The zero-order valence-electron chi connectivity index (χ0n) is 5.32. The molecule has 1 rings (SSSR count). The molecule has 0 aromatic heterocycles. The van der Waals surface area contributed by atoms with Crippen LogP contribution in [0.4, 0.5) is 0 Å². The van der Waals surface area contributed by atoms with Gasteiger partial charge in [-0.2, -0.15) is 0 Å². The van der Waals surface area contributed by atoms with Crippen molar-refractivity contribution in [2.45, 2.75) is 4.90 Å². The van der Waals surface area contributed by atoms with E-state index in [2.05, 4.69) is 25.3 Å². The molecule has 0 aliphatic carbocycles. The van der Waals surface area contributed by atoms with Gasteiger partial charge in [0.15, 0.2) is 0 Å². The number of hydrogen-bond donors (Lipinski definition) is 2. The van der Waals surface area contributed by atoms with Gasteiger partial charge >= 0.3 is 0 Å². The fourth-order valence-electron chi connectivity index (χ4n) is 0.617. The number of hydrogen-bond acceptors (Lipinski definition) is 3. The topological polar surface area (TPSA) is 9.23 Å². The molecule has 0 heterocycles. The van der Waals surface area contributed by atoms with Crippen LogP contribution < -0.4 is 4.74 Å². The molecule has 0 atom stereocenters. The standard InChI is InChI=1S/C7H8OS2/c9-5-8-6-1-3-7(10)4-2-6/h1-4,9-10H,5H2. The minimum absolute atomic E-state index is 0.409. The van der Waals surface area contributed by atoms with Crippen LogP contribution in [0.15, 0.2) is 29.2 Å². The van der Waals surface area contributed by atoms with Crippen molar-refractivity contribution >= 4 is 25.3 Å². The first-order valence-electron chi connectivity index (χ1n) is 2.85. The largest absolute Gasteiger partial charge is 0.483 e. The molecule has 0 radical (unpaired) electrons. The Labute approximate surface area is 71.2 Å². The summed E-state index contributed by atoms with van der Waals surface area (Å²) in [5, 5.41) is 0. The molecule has 0 unspecified atom stereocenters. The molecule has 3 heteroatoms. The fraction of sp³-hybridized carbons (Fsp3) is 0.143. The monoisotopic (exact) mass is 172 g/mol. The van der Waals surface area contributed by atoms with E-state index in [1.165, 1.54) is 0 Å². The molecule has 10 heavy (non-hydrogen) atoms. The summed E-state index contributed by atoms with van der Waals surface area (Å²) < 4.78 is 5.09. The summed E-state index contributed by atoms with van der Waals surface area (Å²) in [5.74, 6) is 1.24. The first kappa shape index (κ1) is 7.82. The smallest absolute Gasteiger partial charge is 0.131 e. The third kappa shape index (κ3) is 2.15. The van der Waals surface area contributed by atoms with Gasteiger partial charge in [-0.05, 0) is 24.3 Å². The second kappa shape index (κ2) is 3.78. The number of benzene rings is 1. The van der Waals surface area contributed by atoms with Crippen LogP contribution in [-0.4, -0.2) is 5.94 Å². The lowest BCUT2D eigenvalue weighted by atomic mass is 10.3. The third-order valence-corrected chi connectivity index (χ3v) is 1.50. The summed E-state index contributed by atoms with van der Waals surface area (Å²) >= 11 is 8.04. The molecule has 1 nitrogen and oxygen atoms in total. The number of thiol groups is 2. The molecule has 0 saturated carbocycles. The Bertz CT molecular complexity index is 195. The quantitative estimate of drug-likeness (QED) is 0.514. The van der Waals surface area contributed by atoms with Gasteiger partial charge in [0, 0.05) is 4.90 Å². The van der Waals surface area contributed by atoms with E-state index in [4.69, 9.17) is 4.74 Å². The molecule has 1 aromatic rings. The summed E-state index contributed by atoms with van der Waals surface area (Å²) in [4.78, 5) is 0.937. The molecule has 0 saturated heterocycles. The molecule has 1 aromatic carbocycles. The van der Waals surface area contributed by atoms with E-state index < -0.39 is 0 Å². The van der Waals surface area contributed by atoms with E-state index in [0.29, 0.717) is 5.94 Å². The van der Waals surface area contributed by atoms with E-state index >= 15 is 0 Å². The highest BCUT2D eigenvalue weighted by atomic mass is 32.1. The van der Waals surface area contributed by atoms with E-state index in [9.17, 15) is 0 Å². The van der Waals surface area contributed by atoms with Gasteiger partial charge in [0.1, 0.15) is 11.7 Å². The maximum atomic E-state index is 5.09. The molecule has 0 aliphatic rings. The van der Waals surface area contributed by atoms with E-state index in [1.54, 1.807) is 0 Å². The molecule has 0 aliphatic heterocycles. The maximum Gasteiger partial charge on any atom is 0.131 e. The summed E-state index contributed by atoms with van der Waals surface area (Å²) in [6, 6.07) is 7.47. The zero-order valence-corrected chi connectivity index (χ0v) is 7.11. The van der Waals surface area contributed by atoms with Crippen molar-refractivity contribution in [3.63, 3.8) is 0 Å². The number of ether oxygens (including phenoxy) is 1. The molecule has 0 N–H and O–H groups in total. The van der Waals surface area contributed by atoms with Crippen LogP contribution in [0, 0.1) is 0 Å². The molecule has 0 bridgehead atoms. The van der Waals surface area contributed by atoms with Gasteiger partial charge in [0.2, 0.25) is 0 Å². The SMILES string of the molecule is SCOc1ccc(S)cc1. The maximum absolute atomic E-state index is 5.09. The van der Waals surface area contributed by atoms with E-state index in [-0.39, 0.29) is 0 Å². The fourth-order valence-corrected chi connectivity index (χ4v) is 0.915. The van der Waals surface area contributed by atoms with E-state index in [0.717, 1.165) is 10.6 Å². The highest BCUT2D eigenvalue weighted by Gasteiger charge is 1.88. The highest BCUT2D eigenvalue weighted by Crippen LogP contribution is 2.13. The van der Waals surface area contributed by atoms with Crippen molar-refractivity contribution in [1.29, 1.82) is 0 Å². The van der Waals surface area contributed by atoms with Crippen molar-refractivity contribution < 1.29 is 4.74 Å². The predicted octanol–water partition coefficient (Wildman–Crippen LogP) is 2.24. The Morgan fingerprint density at radius 2 is 1.80 bits per heavy atom. The molecule has 54 valence electrons. The Hall–Kier alpha value is -0.280. The molecule has 0 spiro atoms. The average Bonchev–Trinajstić information content (AvgIpc) is 1.95. The van der Waals surface area contributed by atoms with Crippen LogP contribution in [0.25, 0.3) is 0 Å². The second-order valence-electron chi connectivity index (χ2n) is 1.77. The van der Waals surface area contributed by atoms with Gasteiger partial charge in [-0.25, -0.2) is 0 Å². The number of rotatable bonds is 2. The molecule has 0 fully saturated rings. The molecule has 0 amide bonds. The second-order valence-corrected chi connectivity index (χ2v) is 2.54. The lowest BCUT2D eigenvalue weighted by molar-refractivity contribution is 0.394. The normalized spacial score (nSPS) is 9.40. The Morgan fingerprint density at radius 3 is 2.30 bits per heavy atom. The van der Waals surface area contributed by atoms with Gasteiger partial charge in [-0.1, -0.05) is 0 Å². The van der Waals surface area contributed by atoms with Gasteiger partial charge < -0.3 is 4.74 Å². The zero-order chi connectivity index (χ0) is 7.40. The minimum Gasteiger partial charge on any atom is -0.483 e. The molecular weight excluding hydrogens is 164 g/mol. The van der Waals surface area contributed by atoms with Crippen molar-refractivity contribution in [3.05, 3.63) is 24.3 Å². The highest BCUT2D eigenvalue weighted by molar-refractivity contribution is 7.80. The molecular formula is C7H8OS2. The summed E-state index contributed by atoms with van der Waals surface area (Å²) in [7, 11) is 0. The van der Waals surface area contributed by atoms with Crippen LogP contribution >= 0.6 is 25.3 Å². The van der Waals surface area contributed by atoms with Gasteiger partial charge in [0.05, 0.1) is 0 Å². The first-order valence-corrected chi connectivity index (χ1v) is 3.93. The summed E-state index contributed by atoms with van der Waals surface area (Å²) in [6.45, 7) is 0. The average molecular weight is 172 g/mol. The van der Waals surface area contributed by atoms with Gasteiger partial charge in [-0.3, -0.25) is 0 Å². The Balaban J connectivity index is 2.69.